The van der Waals surface area contributed by atoms with E-state index in [2.05, 4.69) is 59.0 Å². The van der Waals surface area contributed by atoms with Gasteiger partial charge >= 0.3 is 0 Å². The molecule has 1 saturated heterocycles. The lowest BCUT2D eigenvalue weighted by atomic mass is 10.1. The second-order valence-electron chi connectivity index (χ2n) is 5.70. The highest BCUT2D eigenvalue weighted by Crippen LogP contribution is 2.22. The number of rotatable bonds is 2. The second kappa shape index (κ2) is 5.10. The van der Waals surface area contributed by atoms with E-state index in [1.807, 2.05) is 0 Å². The summed E-state index contributed by atoms with van der Waals surface area (Å²) in [6, 6.07) is 2.08. The van der Waals surface area contributed by atoms with Gasteiger partial charge in [-0.2, -0.15) is 0 Å². The van der Waals surface area contributed by atoms with Crippen LogP contribution in [0.4, 0.5) is 11.6 Å². The van der Waals surface area contributed by atoms with Crippen LogP contribution in [0, 0.1) is 0 Å². The summed E-state index contributed by atoms with van der Waals surface area (Å²) in [6.45, 7) is 10.6. The van der Waals surface area contributed by atoms with Crippen LogP contribution in [0.3, 0.4) is 0 Å². The van der Waals surface area contributed by atoms with Gasteiger partial charge in [0.1, 0.15) is 18.0 Å². The zero-order valence-electron chi connectivity index (χ0n) is 11.8. The predicted octanol–water partition coefficient (Wildman–Crippen LogP) is 1.12. The van der Waals surface area contributed by atoms with E-state index in [0.29, 0.717) is 0 Å². The predicted molar refractivity (Wildman–Crippen MR) is 75.3 cm³/mol. The van der Waals surface area contributed by atoms with Crippen LogP contribution in [0.2, 0.25) is 0 Å². The second-order valence-corrected chi connectivity index (χ2v) is 5.70. The van der Waals surface area contributed by atoms with Crippen molar-refractivity contribution in [3.63, 3.8) is 0 Å². The molecule has 1 aliphatic rings. The fourth-order valence-electron chi connectivity index (χ4n) is 1.93. The molecule has 5 heteroatoms. The standard InChI is InChI=1S/C13H23N5/c1-13(2,3)17(4)11-9-12(16-10-15-11)18-7-5-14-6-8-18/h9-10,14H,5-8H2,1-4H3. The largest absolute Gasteiger partial charge is 0.355 e. The Labute approximate surface area is 109 Å². The van der Waals surface area contributed by atoms with Crippen LogP contribution in [-0.2, 0) is 0 Å². The number of nitrogens with one attached hydrogen (secondary N) is 1. The van der Waals surface area contributed by atoms with Crippen molar-refractivity contribution in [2.75, 3.05) is 43.0 Å². The molecule has 1 N–H and O–H groups in total. The van der Waals surface area contributed by atoms with E-state index in [-0.39, 0.29) is 5.54 Å². The van der Waals surface area contributed by atoms with E-state index < -0.39 is 0 Å². The van der Waals surface area contributed by atoms with Crippen molar-refractivity contribution in [2.24, 2.45) is 0 Å². The smallest absolute Gasteiger partial charge is 0.134 e. The molecule has 0 aromatic carbocycles. The number of anilines is 2. The summed E-state index contributed by atoms with van der Waals surface area (Å²) in [5, 5.41) is 3.35. The molecule has 0 unspecified atom stereocenters. The first-order chi connectivity index (χ1) is 8.48. The summed E-state index contributed by atoms with van der Waals surface area (Å²) in [4.78, 5) is 13.2. The molecule has 100 valence electrons. The minimum atomic E-state index is 0.0646. The third kappa shape index (κ3) is 2.90. The highest BCUT2D eigenvalue weighted by atomic mass is 15.3. The van der Waals surface area contributed by atoms with E-state index in [4.69, 9.17) is 0 Å². The van der Waals surface area contributed by atoms with E-state index in [1.165, 1.54) is 0 Å². The highest BCUT2D eigenvalue weighted by molar-refractivity contribution is 5.51. The lowest BCUT2D eigenvalue weighted by Crippen LogP contribution is -2.44. The minimum Gasteiger partial charge on any atom is -0.355 e. The molecule has 2 heterocycles. The van der Waals surface area contributed by atoms with E-state index in [0.717, 1.165) is 37.8 Å². The molecule has 1 fully saturated rings. The first kappa shape index (κ1) is 13.1. The molecule has 2 rings (SSSR count). The van der Waals surface area contributed by atoms with Gasteiger partial charge in [-0.3, -0.25) is 0 Å². The average Bonchev–Trinajstić information content (AvgIpc) is 2.38. The molecular formula is C13H23N5. The van der Waals surface area contributed by atoms with Crippen LogP contribution in [0.15, 0.2) is 12.4 Å². The van der Waals surface area contributed by atoms with Crippen LogP contribution in [0.1, 0.15) is 20.8 Å². The Balaban J connectivity index is 2.19. The summed E-state index contributed by atoms with van der Waals surface area (Å²) in [6.07, 6.45) is 1.66. The maximum atomic E-state index is 4.39. The van der Waals surface area contributed by atoms with Gasteiger partial charge in [0, 0.05) is 44.8 Å². The Morgan fingerprint density at radius 2 is 1.89 bits per heavy atom. The molecule has 0 saturated carbocycles. The maximum Gasteiger partial charge on any atom is 0.134 e. The summed E-state index contributed by atoms with van der Waals surface area (Å²) in [5.41, 5.74) is 0.0646. The molecule has 0 atom stereocenters. The van der Waals surface area contributed by atoms with Crippen molar-refractivity contribution in [3.8, 4) is 0 Å². The number of piperazine rings is 1. The average molecular weight is 249 g/mol. The van der Waals surface area contributed by atoms with Gasteiger partial charge < -0.3 is 15.1 Å². The quantitative estimate of drug-likeness (QED) is 0.851. The summed E-state index contributed by atoms with van der Waals surface area (Å²) in [7, 11) is 2.07. The number of hydrogen-bond donors (Lipinski definition) is 1. The molecule has 0 amide bonds. The lowest BCUT2D eigenvalue weighted by molar-refractivity contribution is 0.533. The first-order valence-corrected chi connectivity index (χ1v) is 6.50. The molecule has 18 heavy (non-hydrogen) atoms. The van der Waals surface area contributed by atoms with Gasteiger partial charge in [0.05, 0.1) is 0 Å². The first-order valence-electron chi connectivity index (χ1n) is 6.50. The van der Waals surface area contributed by atoms with Gasteiger partial charge in [-0.05, 0) is 20.8 Å². The van der Waals surface area contributed by atoms with Crippen molar-refractivity contribution >= 4 is 11.6 Å². The third-order valence-electron chi connectivity index (χ3n) is 3.43. The van der Waals surface area contributed by atoms with Crippen molar-refractivity contribution in [1.29, 1.82) is 0 Å². The van der Waals surface area contributed by atoms with Crippen LogP contribution in [0.25, 0.3) is 0 Å². The Morgan fingerprint density at radius 3 is 2.50 bits per heavy atom. The molecule has 1 aromatic rings. The molecule has 1 aliphatic heterocycles. The molecule has 0 spiro atoms. The summed E-state index contributed by atoms with van der Waals surface area (Å²) >= 11 is 0. The zero-order chi connectivity index (χ0) is 13.2. The van der Waals surface area contributed by atoms with Gasteiger partial charge in [0.2, 0.25) is 0 Å². The maximum absolute atomic E-state index is 4.39. The van der Waals surface area contributed by atoms with Gasteiger partial charge in [0.25, 0.3) is 0 Å². The number of hydrogen-bond acceptors (Lipinski definition) is 5. The third-order valence-corrected chi connectivity index (χ3v) is 3.43. The van der Waals surface area contributed by atoms with Crippen molar-refractivity contribution in [1.82, 2.24) is 15.3 Å². The van der Waals surface area contributed by atoms with E-state index in [1.54, 1.807) is 6.33 Å². The van der Waals surface area contributed by atoms with Gasteiger partial charge in [-0.25, -0.2) is 9.97 Å². The number of aromatic nitrogens is 2. The van der Waals surface area contributed by atoms with Crippen molar-refractivity contribution < 1.29 is 0 Å². The molecular weight excluding hydrogens is 226 g/mol. The Hall–Kier alpha value is -1.36. The summed E-state index contributed by atoms with van der Waals surface area (Å²) < 4.78 is 0. The van der Waals surface area contributed by atoms with Crippen LogP contribution in [0.5, 0.6) is 0 Å². The highest BCUT2D eigenvalue weighted by Gasteiger charge is 2.20. The van der Waals surface area contributed by atoms with E-state index >= 15 is 0 Å². The fourth-order valence-corrected chi connectivity index (χ4v) is 1.93. The normalized spacial score (nSPS) is 16.8. The monoisotopic (exact) mass is 249 g/mol. The summed E-state index contributed by atoms with van der Waals surface area (Å²) in [5.74, 6) is 2.00. The molecule has 0 radical (unpaired) electrons. The topological polar surface area (TPSA) is 44.3 Å². The Bertz CT molecular complexity index is 393. The fraction of sp³-hybridized carbons (Fsp3) is 0.692. The Kier molecular flexibility index (Phi) is 3.71. The van der Waals surface area contributed by atoms with Crippen molar-refractivity contribution in [2.45, 2.75) is 26.3 Å². The van der Waals surface area contributed by atoms with Crippen LogP contribution in [-0.4, -0.2) is 48.7 Å². The van der Waals surface area contributed by atoms with Gasteiger partial charge in [-0.15, -0.1) is 0 Å². The van der Waals surface area contributed by atoms with Crippen molar-refractivity contribution in [3.05, 3.63) is 12.4 Å². The SMILES string of the molecule is CN(c1cc(N2CCNCC2)ncn1)C(C)(C)C. The van der Waals surface area contributed by atoms with Gasteiger partial charge in [0.15, 0.2) is 0 Å². The van der Waals surface area contributed by atoms with Crippen LogP contribution < -0.4 is 15.1 Å². The molecule has 1 aromatic heterocycles. The molecule has 5 nitrogen and oxygen atoms in total. The van der Waals surface area contributed by atoms with E-state index in [9.17, 15) is 0 Å². The zero-order valence-corrected chi connectivity index (χ0v) is 11.8. The molecule has 0 bridgehead atoms. The van der Waals surface area contributed by atoms with Crippen LogP contribution >= 0.6 is 0 Å². The minimum absolute atomic E-state index is 0.0646. The molecule has 0 aliphatic carbocycles. The number of nitrogens with zero attached hydrogens (tertiary/aromatic N) is 4. The van der Waals surface area contributed by atoms with Gasteiger partial charge in [-0.1, -0.05) is 0 Å². The lowest BCUT2D eigenvalue weighted by Gasteiger charge is -2.34. The Morgan fingerprint density at radius 1 is 1.22 bits per heavy atom.